The van der Waals surface area contributed by atoms with Crippen LogP contribution in [0.5, 0.6) is 0 Å². The molecule has 0 unspecified atom stereocenters. The topological polar surface area (TPSA) is 20.3 Å². The highest BCUT2D eigenvalue weighted by Crippen LogP contribution is 2.16. The largest absolute Gasteiger partial charge is 0.340 e. The van der Waals surface area contributed by atoms with Gasteiger partial charge in [0.25, 0.3) is 0 Å². The van der Waals surface area contributed by atoms with Crippen LogP contribution in [0.2, 0.25) is 0 Å². The third-order valence-corrected chi connectivity index (χ3v) is 2.49. The van der Waals surface area contributed by atoms with Crippen LogP contribution >= 0.6 is 11.6 Å². The van der Waals surface area contributed by atoms with Gasteiger partial charge in [-0.15, -0.1) is 11.6 Å². The molecule has 0 aliphatic carbocycles. The fourth-order valence-electron chi connectivity index (χ4n) is 0.664. The Morgan fingerprint density at radius 1 is 1.55 bits per heavy atom. The molecule has 0 atom stereocenters. The smallest absolute Gasteiger partial charge is 0.237 e. The van der Waals surface area contributed by atoms with Crippen molar-refractivity contribution in [1.29, 1.82) is 0 Å². The zero-order valence-electron chi connectivity index (χ0n) is 7.65. The van der Waals surface area contributed by atoms with Gasteiger partial charge in [-0.25, -0.2) is 0 Å². The third kappa shape index (κ3) is 2.70. The van der Waals surface area contributed by atoms with E-state index in [0.717, 1.165) is 6.42 Å². The molecule has 0 saturated carbocycles. The highest BCUT2D eigenvalue weighted by molar-refractivity contribution is 6.27. The van der Waals surface area contributed by atoms with Crippen molar-refractivity contribution in [2.75, 3.05) is 12.9 Å². The molecule has 66 valence electrons. The average Bonchev–Trinajstić information content (AvgIpc) is 2.01. The Morgan fingerprint density at radius 3 is 2.27 bits per heavy atom. The highest BCUT2D eigenvalue weighted by Gasteiger charge is 2.24. The number of hydrogen-bond donors (Lipinski definition) is 0. The lowest BCUT2D eigenvalue weighted by atomic mass is 10.0. The van der Waals surface area contributed by atoms with Gasteiger partial charge in [0.05, 0.1) is 0 Å². The van der Waals surface area contributed by atoms with E-state index in [4.69, 9.17) is 11.6 Å². The fraction of sp³-hybridized carbons (Fsp3) is 0.875. The molecule has 1 amide bonds. The first kappa shape index (κ1) is 10.8. The SMILES string of the molecule is CCC(C)(C)N(C)C(=O)CCl. The molecule has 3 heteroatoms. The van der Waals surface area contributed by atoms with Crippen molar-refractivity contribution >= 4 is 17.5 Å². The summed E-state index contributed by atoms with van der Waals surface area (Å²) in [6.45, 7) is 6.10. The first-order valence-corrected chi connectivity index (χ1v) is 4.31. The molecule has 0 rings (SSSR count). The summed E-state index contributed by atoms with van der Waals surface area (Å²) in [6, 6.07) is 0. The minimum Gasteiger partial charge on any atom is -0.340 e. The Labute approximate surface area is 73.5 Å². The van der Waals surface area contributed by atoms with Gasteiger partial charge in [0.2, 0.25) is 5.91 Å². The Balaban J connectivity index is 4.22. The van der Waals surface area contributed by atoms with E-state index < -0.39 is 0 Å². The standard InChI is InChI=1S/C8H16ClNO/c1-5-8(2,3)10(4)7(11)6-9/h5-6H2,1-4H3. The molecule has 0 bridgehead atoms. The van der Waals surface area contributed by atoms with Crippen molar-refractivity contribution in [1.82, 2.24) is 4.90 Å². The van der Waals surface area contributed by atoms with Crippen molar-refractivity contribution in [2.24, 2.45) is 0 Å². The van der Waals surface area contributed by atoms with Gasteiger partial charge in [-0.05, 0) is 20.3 Å². The lowest BCUT2D eigenvalue weighted by molar-refractivity contribution is -0.131. The maximum Gasteiger partial charge on any atom is 0.237 e. The maximum absolute atomic E-state index is 11.1. The maximum atomic E-state index is 11.1. The molecule has 0 N–H and O–H groups in total. The molecular formula is C8H16ClNO. The number of nitrogens with zero attached hydrogens (tertiary/aromatic N) is 1. The molecular weight excluding hydrogens is 162 g/mol. The summed E-state index contributed by atoms with van der Waals surface area (Å²) in [5.74, 6) is 0.0541. The molecule has 0 aliphatic rings. The van der Waals surface area contributed by atoms with Crippen LogP contribution in [0.4, 0.5) is 0 Å². The second-order valence-electron chi connectivity index (χ2n) is 3.25. The normalized spacial score (nSPS) is 11.4. The zero-order valence-corrected chi connectivity index (χ0v) is 8.40. The van der Waals surface area contributed by atoms with Crippen LogP contribution in [0.1, 0.15) is 27.2 Å². The molecule has 0 aromatic carbocycles. The van der Waals surface area contributed by atoms with Crippen LogP contribution in [0, 0.1) is 0 Å². The van der Waals surface area contributed by atoms with Crippen molar-refractivity contribution in [3.63, 3.8) is 0 Å². The minimum atomic E-state index is -0.0774. The summed E-state index contributed by atoms with van der Waals surface area (Å²) in [7, 11) is 1.79. The minimum absolute atomic E-state index is 0.0153. The molecule has 0 aromatic rings. The number of hydrogen-bond acceptors (Lipinski definition) is 1. The number of alkyl halides is 1. The summed E-state index contributed by atoms with van der Waals surface area (Å²) < 4.78 is 0. The molecule has 0 heterocycles. The van der Waals surface area contributed by atoms with Gasteiger partial charge < -0.3 is 4.90 Å². The van der Waals surface area contributed by atoms with Gasteiger partial charge in [-0.3, -0.25) is 4.79 Å². The fourth-order valence-corrected chi connectivity index (χ4v) is 0.844. The van der Waals surface area contributed by atoms with E-state index in [1.54, 1.807) is 11.9 Å². The van der Waals surface area contributed by atoms with E-state index in [0.29, 0.717) is 0 Å². The first-order chi connectivity index (χ1) is 4.95. The second kappa shape index (κ2) is 3.96. The lowest BCUT2D eigenvalue weighted by Crippen LogP contribution is -2.45. The van der Waals surface area contributed by atoms with E-state index >= 15 is 0 Å². The summed E-state index contributed by atoms with van der Waals surface area (Å²) in [5.41, 5.74) is -0.0774. The van der Waals surface area contributed by atoms with Crippen LogP contribution in [0.3, 0.4) is 0 Å². The zero-order chi connectivity index (χ0) is 9.07. The number of amides is 1. The van der Waals surface area contributed by atoms with Gasteiger partial charge in [-0.1, -0.05) is 6.92 Å². The monoisotopic (exact) mass is 177 g/mol. The molecule has 0 fully saturated rings. The van der Waals surface area contributed by atoms with Crippen molar-refractivity contribution in [3.8, 4) is 0 Å². The van der Waals surface area contributed by atoms with Crippen LogP contribution in [0.25, 0.3) is 0 Å². The van der Waals surface area contributed by atoms with Crippen LogP contribution in [-0.4, -0.2) is 29.3 Å². The highest BCUT2D eigenvalue weighted by atomic mass is 35.5. The second-order valence-corrected chi connectivity index (χ2v) is 3.52. The summed E-state index contributed by atoms with van der Waals surface area (Å²) in [4.78, 5) is 12.8. The molecule has 2 nitrogen and oxygen atoms in total. The van der Waals surface area contributed by atoms with Gasteiger partial charge >= 0.3 is 0 Å². The molecule has 11 heavy (non-hydrogen) atoms. The molecule has 0 saturated heterocycles. The predicted octanol–water partition coefficient (Wildman–Crippen LogP) is 1.87. The van der Waals surface area contributed by atoms with Crippen molar-refractivity contribution in [2.45, 2.75) is 32.7 Å². The summed E-state index contributed by atoms with van der Waals surface area (Å²) in [6.07, 6.45) is 0.937. The van der Waals surface area contributed by atoms with Crippen molar-refractivity contribution in [3.05, 3.63) is 0 Å². The molecule has 0 spiro atoms. The van der Waals surface area contributed by atoms with E-state index in [9.17, 15) is 4.79 Å². The molecule has 0 aromatic heterocycles. The van der Waals surface area contributed by atoms with Gasteiger partial charge in [0.1, 0.15) is 5.88 Å². The Hall–Kier alpha value is -0.240. The van der Waals surface area contributed by atoms with Gasteiger partial charge in [0, 0.05) is 12.6 Å². The molecule has 0 radical (unpaired) electrons. The Morgan fingerprint density at radius 2 is 2.00 bits per heavy atom. The summed E-state index contributed by atoms with van der Waals surface area (Å²) in [5, 5.41) is 0. The van der Waals surface area contributed by atoms with Crippen LogP contribution < -0.4 is 0 Å². The van der Waals surface area contributed by atoms with Gasteiger partial charge in [0.15, 0.2) is 0 Å². The lowest BCUT2D eigenvalue weighted by Gasteiger charge is -2.34. The Kier molecular flexibility index (Phi) is 3.87. The average molecular weight is 178 g/mol. The Bertz CT molecular complexity index is 145. The van der Waals surface area contributed by atoms with Crippen molar-refractivity contribution < 1.29 is 4.79 Å². The number of carbonyl (C=O) groups excluding carboxylic acids is 1. The number of rotatable bonds is 3. The van der Waals surface area contributed by atoms with E-state index in [1.165, 1.54) is 0 Å². The van der Waals surface area contributed by atoms with Crippen LogP contribution in [-0.2, 0) is 4.79 Å². The van der Waals surface area contributed by atoms with Gasteiger partial charge in [-0.2, -0.15) is 0 Å². The molecule has 0 aliphatic heterocycles. The first-order valence-electron chi connectivity index (χ1n) is 3.78. The quantitative estimate of drug-likeness (QED) is 0.603. The van der Waals surface area contributed by atoms with E-state index in [2.05, 4.69) is 6.92 Å². The van der Waals surface area contributed by atoms with Crippen LogP contribution in [0.15, 0.2) is 0 Å². The number of halogens is 1. The third-order valence-electron chi connectivity index (χ3n) is 2.26. The summed E-state index contributed by atoms with van der Waals surface area (Å²) >= 11 is 5.42. The van der Waals surface area contributed by atoms with E-state index in [-0.39, 0.29) is 17.3 Å². The predicted molar refractivity (Wildman–Crippen MR) is 47.9 cm³/mol. The number of carbonyl (C=O) groups is 1. The van der Waals surface area contributed by atoms with E-state index in [1.807, 2.05) is 13.8 Å².